The number of carbonyl (C=O) groups is 1. The average molecular weight is 475 g/mol. The number of amides is 1. The van der Waals surface area contributed by atoms with Gasteiger partial charge in [-0.15, -0.1) is 6.58 Å². The second-order valence-electron chi connectivity index (χ2n) is 10.8. The zero-order chi connectivity index (χ0) is 24.5. The van der Waals surface area contributed by atoms with Crippen LogP contribution in [0.5, 0.6) is 11.5 Å². The maximum atomic E-state index is 13.7. The van der Waals surface area contributed by atoms with Crippen molar-refractivity contribution in [2.45, 2.75) is 67.7 Å². The van der Waals surface area contributed by atoms with Crippen molar-refractivity contribution in [2.24, 2.45) is 0 Å². The Hall–Kier alpha value is -2.83. The number of likely N-dealkylation sites (N-methyl/N-ethyl adjacent to an activating group) is 1. The SMILES string of the molecule is C=CCN1CC[C@]23c4c5ccc(O)c4O[C@H]2[C@@H](N(C)C(=O)[C@@H](C)c2ccccc2)CC[C@@]3(O)[C@H]1C5. The van der Waals surface area contributed by atoms with Crippen molar-refractivity contribution in [2.75, 3.05) is 20.1 Å². The maximum absolute atomic E-state index is 13.7. The Kier molecular flexibility index (Phi) is 5.07. The lowest BCUT2D eigenvalue weighted by Gasteiger charge is -2.64. The molecule has 2 N–H and O–H groups in total. The highest BCUT2D eigenvalue weighted by Crippen LogP contribution is 2.65. The van der Waals surface area contributed by atoms with Gasteiger partial charge in [-0.25, -0.2) is 0 Å². The Bertz CT molecular complexity index is 1180. The number of hydrogen-bond acceptors (Lipinski definition) is 5. The first-order valence-corrected chi connectivity index (χ1v) is 12.7. The summed E-state index contributed by atoms with van der Waals surface area (Å²) in [5, 5.41) is 23.3. The van der Waals surface area contributed by atoms with E-state index in [-0.39, 0.29) is 29.7 Å². The van der Waals surface area contributed by atoms with Crippen LogP contribution in [0.3, 0.4) is 0 Å². The van der Waals surface area contributed by atoms with Crippen LogP contribution in [0.1, 0.15) is 48.8 Å². The predicted octanol–water partition coefficient (Wildman–Crippen LogP) is 3.36. The standard InChI is InChI=1S/C29H34N2O4/c1-4-15-31-16-14-28-24-20-10-11-22(32)25(24)35-26(28)21(12-13-29(28,34)23(31)17-20)30(3)27(33)18(2)19-8-6-5-7-9-19/h4-11,18,21,23,26,32,34H,1,12-17H2,2-3H3/t18-,21-,23+,26-,28-,29+/m0/s1. The number of aliphatic hydroxyl groups is 1. The second-order valence-corrected chi connectivity index (χ2v) is 10.8. The van der Waals surface area contributed by atoms with Gasteiger partial charge in [0.25, 0.3) is 0 Å². The molecule has 1 spiro atoms. The molecule has 2 aromatic rings. The van der Waals surface area contributed by atoms with Crippen LogP contribution in [0.25, 0.3) is 0 Å². The Balaban J connectivity index is 1.42. The van der Waals surface area contributed by atoms with Crippen LogP contribution in [-0.4, -0.2) is 69.8 Å². The van der Waals surface area contributed by atoms with Gasteiger partial charge in [0.15, 0.2) is 11.5 Å². The molecule has 0 radical (unpaired) electrons. The van der Waals surface area contributed by atoms with Gasteiger partial charge < -0.3 is 19.8 Å². The molecule has 2 fully saturated rings. The van der Waals surface area contributed by atoms with Crippen molar-refractivity contribution < 1.29 is 19.7 Å². The van der Waals surface area contributed by atoms with Crippen molar-refractivity contribution >= 4 is 5.91 Å². The monoisotopic (exact) mass is 474 g/mol. The summed E-state index contributed by atoms with van der Waals surface area (Å²) in [6.07, 6.45) is 4.17. The van der Waals surface area contributed by atoms with Crippen LogP contribution in [0.2, 0.25) is 0 Å². The fraction of sp³-hybridized carbons (Fsp3) is 0.483. The minimum atomic E-state index is -0.990. The Morgan fingerprint density at radius 3 is 2.80 bits per heavy atom. The lowest BCUT2D eigenvalue weighted by atomic mass is 9.48. The average Bonchev–Trinajstić information content (AvgIpc) is 3.22. The lowest BCUT2D eigenvalue weighted by molar-refractivity contribution is -0.198. The van der Waals surface area contributed by atoms with Gasteiger partial charge in [-0.3, -0.25) is 9.69 Å². The summed E-state index contributed by atoms with van der Waals surface area (Å²) in [4.78, 5) is 17.9. The topological polar surface area (TPSA) is 73.2 Å². The number of ether oxygens (including phenoxy) is 1. The summed E-state index contributed by atoms with van der Waals surface area (Å²) in [7, 11) is 1.87. The van der Waals surface area contributed by atoms with E-state index in [1.165, 1.54) is 0 Å². The van der Waals surface area contributed by atoms with Crippen molar-refractivity contribution in [1.82, 2.24) is 9.80 Å². The number of aromatic hydroxyl groups is 1. The first-order chi connectivity index (χ1) is 16.8. The molecular weight excluding hydrogens is 440 g/mol. The second kappa shape index (κ2) is 7.84. The number of hydrogen-bond donors (Lipinski definition) is 2. The minimum Gasteiger partial charge on any atom is -0.504 e. The van der Waals surface area contributed by atoms with Crippen LogP contribution in [-0.2, 0) is 16.6 Å². The van der Waals surface area contributed by atoms with Crippen molar-refractivity contribution in [1.29, 1.82) is 0 Å². The Labute approximate surface area is 206 Å². The summed E-state index contributed by atoms with van der Waals surface area (Å²) in [6.45, 7) is 7.43. The molecular formula is C29H34N2O4. The van der Waals surface area contributed by atoms with E-state index in [1.54, 1.807) is 6.07 Å². The molecule has 2 aromatic carbocycles. The quantitative estimate of drug-likeness (QED) is 0.650. The fourth-order valence-electron chi connectivity index (χ4n) is 7.74. The van der Waals surface area contributed by atoms with Crippen molar-refractivity contribution in [3.05, 3.63) is 71.8 Å². The molecule has 6 heteroatoms. The molecule has 35 heavy (non-hydrogen) atoms. The molecule has 2 bridgehead atoms. The lowest BCUT2D eigenvalue weighted by Crippen LogP contribution is -2.78. The normalized spacial score (nSPS) is 33.4. The molecule has 1 saturated carbocycles. The molecule has 1 amide bonds. The summed E-state index contributed by atoms with van der Waals surface area (Å²) in [5.74, 6) is 0.391. The number of phenolic OH excluding ortho intramolecular Hbond substituents is 1. The zero-order valence-corrected chi connectivity index (χ0v) is 20.5. The smallest absolute Gasteiger partial charge is 0.229 e. The molecule has 6 atom stereocenters. The first-order valence-electron chi connectivity index (χ1n) is 12.7. The van der Waals surface area contributed by atoms with Gasteiger partial charge in [0, 0.05) is 25.2 Å². The number of nitrogens with zero attached hydrogens (tertiary/aromatic N) is 2. The van der Waals surface area contributed by atoms with Crippen molar-refractivity contribution in [3.8, 4) is 11.5 Å². The predicted molar refractivity (Wildman–Crippen MR) is 134 cm³/mol. The van der Waals surface area contributed by atoms with E-state index in [2.05, 4.69) is 11.5 Å². The van der Waals surface area contributed by atoms with E-state index in [1.807, 2.05) is 61.3 Å². The third-order valence-corrected chi connectivity index (χ3v) is 9.42. The molecule has 6 nitrogen and oxygen atoms in total. The molecule has 2 heterocycles. The zero-order valence-electron chi connectivity index (χ0n) is 20.5. The highest BCUT2D eigenvalue weighted by Gasteiger charge is 2.73. The number of rotatable bonds is 5. The van der Waals surface area contributed by atoms with Gasteiger partial charge >= 0.3 is 0 Å². The number of likely N-dealkylation sites (tertiary alicyclic amines) is 1. The Morgan fingerprint density at radius 1 is 1.29 bits per heavy atom. The number of phenols is 1. The van der Waals surface area contributed by atoms with E-state index < -0.39 is 17.1 Å². The van der Waals surface area contributed by atoms with Crippen LogP contribution >= 0.6 is 0 Å². The van der Waals surface area contributed by atoms with Crippen molar-refractivity contribution in [3.63, 3.8) is 0 Å². The molecule has 2 aliphatic heterocycles. The van der Waals surface area contributed by atoms with Crippen LogP contribution in [0.4, 0.5) is 0 Å². The minimum absolute atomic E-state index is 0.0449. The van der Waals surface area contributed by atoms with Gasteiger partial charge in [0.05, 0.1) is 23.0 Å². The highest BCUT2D eigenvalue weighted by molar-refractivity contribution is 5.83. The van der Waals surface area contributed by atoms with E-state index in [4.69, 9.17) is 4.74 Å². The van der Waals surface area contributed by atoms with Crippen LogP contribution < -0.4 is 4.74 Å². The Morgan fingerprint density at radius 2 is 2.06 bits per heavy atom. The molecule has 0 aromatic heterocycles. The summed E-state index contributed by atoms with van der Waals surface area (Å²) >= 11 is 0. The molecule has 4 aliphatic rings. The molecule has 1 saturated heterocycles. The third-order valence-electron chi connectivity index (χ3n) is 9.42. The third kappa shape index (κ3) is 2.87. The van der Waals surface area contributed by atoms with E-state index >= 15 is 0 Å². The maximum Gasteiger partial charge on any atom is 0.229 e. The van der Waals surface area contributed by atoms with E-state index in [0.29, 0.717) is 25.0 Å². The van der Waals surface area contributed by atoms with Gasteiger partial charge in [0.1, 0.15) is 6.10 Å². The molecule has 184 valence electrons. The summed E-state index contributed by atoms with van der Waals surface area (Å²) in [5.41, 5.74) is 1.46. The van der Waals surface area contributed by atoms with Gasteiger partial charge in [-0.2, -0.15) is 0 Å². The van der Waals surface area contributed by atoms with Gasteiger partial charge in [-0.1, -0.05) is 42.5 Å². The molecule has 0 unspecified atom stereocenters. The number of carbonyl (C=O) groups excluding carboxylic acids is 1. The number of benzene rings is 2. The first kappa shape index (κ1) is 22.6. The van der Waals surface area contributed by atoms with E-state index in [0.717, 1.165) is 36.2 Å². The molecule has 6 rings (SSSR count). The fourth-order valence-corrected chi connectivity index (χ4v) is 7.74. The molecule has 2 aliphatic carbocycles. The number of piperidine rings is 1. The van der Waals surface area contributed by atoms with Crippen LogP contribution in [0, 0.1) is 0 Å². The summed E-state index contributed by atoms with van der Waals surface area (Å²) < 4.78 is 6.60. The van der Waals surface area contributed by atoms with Gasteiger partial charge in [0.2, 0.25) is 5.91 Å². The highest BCUT2D eigenvalue weighted by atomic mass is 16.5. The van der Waals surface area contributed by atoms with E-state index in [9.17, 15) is 15.0 Å². The van der Waals surface area contributed by atoms with Gasteiger partial charge in [-0.05, 0) is 56.3 Å². The largest absolute Gasteiger partial charge is 0.504 e. The van der Waals surface area contributed by atoms with Crippen LogP contribution in [0.15, 0.2) is 55.1 Å². The summed E-state index contributed by atoms with van der Waals surface area (Å²) in [6, 6.07) is 13.3.